The molecule has 0 fully saturated rings. The first-order valence-corrected chi connectivity index (χ1v) is 13.9. The van der Waals surface area contributed by atoms with Crippen LogP contribution in [0, 0.1) is 5.92 Å². The molecule has 0 radical (unpaired) electrons. The smallest absolute Gasteiger partial charge is 0.431 e. The minimum atomic E-state index is -0.969. The van der Waals surface area contributed by atoms with Gasteiger partial charge in [-0.1, -0.05) is 20.8 Å². The van der Waals surface area contributed by atoms with Gasteiger partial charge in [0.05, 0.1) is 12.6 Å². The number of amides is 3. The number of nitrogens with one attached hydrogen (secondary N) is 2. The second kappa shape index (κ2) is 19.6. The van der Waals surface area contributed by atoms with E-state index in [1.807, 2.05) is 20.1 Å². The molecular formula is C24H47N3O7S. The molecule has 2 N–H and O–H groups in total. The molecule has 0 aromatic carbocycles. The lowest BCUT2D eigenvalue weighted by Gasteiger charge is -2.32. The summed E-state index contributed by atoms with van der Waals surface area (Å²) in [6.07, 6.45) is 0.894. The third kappa shape index (κ3) is 15.2. The Balaban J connectivity index is 5.49. The predicted octanol–water partition coefficient (Wildman–Crippen LogP) is 3.34. The molecule has 11 heteroatoms. The van der Waals surface area contributed by atoms with E-state index >= 15 is 0 Å². The fourth-order valence-corrected chi connectivity index (χ4v) is 3.54. The summed E-state index contributed by atoms with van der Waals surface area (Å²) in [6, 6.07) is -0.744. The van der Waals surface area contributed by atoms with Crippen molar-refractivity contribution < 1.29 is 33.4 Å². The van der Waals surface area contributed by atoms with E-state index in [-0.39, 0.29) is 18.6 Å². The Bertz CT molecular complexity index is 602. The van der Waals surface area contributed by atoms with Crippen molar-refractivity contribution in [2.75, 3.05) is 38.3 Å². The predicted molar refractivity (Wildman–Crippen MR) is 138 cm³/mol. The van der Waals surface area contributed by atoms with E-state index in [2.05, 4.69) is 24.6 Å². The molecule has 0 saturated carbocycles. The van der Waals surface area contributed by atoms with Gasteiger partial charge in [0.25, 0.3) is 5.91 Å². The molecule has 0 spiro atoms. The molecule has 0 aromatic rings. The highest BCUT2D eigenvalue weighted by Crippen LogP contribution is 2.12. The summed E-state index contributed by atoms with van der Waals surface area (Å²) in [4.78, 5) is 45.2. The molecule has 0 unspecified atom stereocenters. The molecule has 0 aliphatic rings. The van der Waals surface area contributed by atoms with Crippen molar-refractivity contribution in [3.63, 3.8) is 0 Å². The molecule has 0 aliphatic heterocycles. The van der Waals surface area contributed by atoms with E-state index in [4.69, 9.17) is 19.0 Å². The normalized spacial score (nSPS) is 13.1. The molecule has 3 amide bonds. The molecule has 0 bridgehead atoms. The van der Waals surface area contributed by atoms with Gasteiger partial charge in [0.15, 0.2) is 12.4 Å². The van der Waals surface area contributed by atoms with E-state index in [1.54, 1.807) is 37.4 Å². The van der Waals surface area contributed by atoms with E-state index in [1.165, 1.54) is 0 Å². The Morgan fingerprint density at radius 1 is 0.971 bits per heavy atom. The average molecular weight is 522 g/mol. The van der Waals surface area contributed by atoms with Crippen molar-refractivity contribution in [1.29, 1.82) is 0 Å². The first-order valence-electron chi connectivity index (χ1n) is 12.5. The van der Waals surface area contributed by atoms with Gasteiger partial charge in [0.2, 0.25) is 5.91 Å². The fraction of sp³-hybridized carbons (Fsp3) is 0.875. The second-order valence-corrected chi connectivity index (χ2v) is 9.71. The highest BCUT2D eigenvalue weighted by atomic mass is 32.2. The molecule has 35 heavy (non-hydrogen) atoms. The van der Waals surface area contributed by atoms with Crippen LogP contribution in [0.3, 0.4) is 0 Å². The van der Waals surface area contributed by atoms with Gasteiger partial charge < -0.3 is 24.4 Å². The lowest BCUT2D eigenvalue weighted by atomic mass is 10.1. The second-order valence-electron chi connectivity index (χ2n) is 8.72. The highest BCUT2D eigenvalue weighted by Gasteiger charge is 2.30. The van der Waals surface area contributed by atoms with Gasteiger partial charge in [0.1, 0.15) is 6.04 Å². The van der Waals surface area contributed by atoms with E-state index in [0.717, 1.165) is 6.42 Å². The summed E-state index contributed by atoms with van der Waals surface area (Å²) in [7, 11) is 0. The van der Waals surface area contributed by atoms with E-state index in [9.17, 15) is 14.4 Å². The van der Waals surface area contributed by atoms with Crippen molar-refractivity contribution >= 4 is 29.7 Å². The molecule has 0 aromatic heterocycles. The molecule has 0 saturated heterocycles. The van der Waals surface area contributed by atoms with Gasteiger partial charge in [-0.25, -0.2) is 4.79 Å². The first-order chi connectivity index (χ1) is 16.6. The van der Waals surface area contributed by atoms with E-state index in [0.29, 0.717) is 44.3 Å². The number of hydrogen-bond donors (Lipinski definition) is 2. The maximum atomic E-state index is 13.6. The number of hydroxylamine groups is 1. The Kier molecular flexibility index (Phi) is 18.7. The number of ether oxygens (including phenoxy) is 3. The van der Waals surface area contributed by atoms with Crippen LogP contribution in [0.4, 0.5) is 4.79 Å². The average Bonchev–Trinajstić information content (AvgIpc) is 2.78. The van der Waals surface area contributed by atoms with Crippen LogP contribution in [0.15, 0.2) is 0 Å². The zero-order chi connectivity index (χ0) is 26.8. The Morgan fingerprint density at radius 3 is 2.09 bits per heavy atom. The number of carbonyl (C=O) groups excluding carboxylic acids is 3. The highest BCUT2D eigenvalue weighted by molar-refractivity contribution is 7.98. The van der Waals surface area contributed by atoms with Gasteiger partial charge in [-0.15, -0.1) is 0 Å². The summed E-state index contributed by atoms with van der Waals surface area (Å²) in [5, 5.41) is 2.83. The van der Waals surface area contributed by atoms with Crippen LogP contribution >= 0.6 is 11.8 Å². The lowest BCUT2D eigenvalue weighted by molar-refractivity contribution is -0.161. The quantitative estimate of drug-likeness (QED) is 0.196. The summed E-state index contributed by atoms with van der Waals surface area (Å²) in [6.45, 7) is 14.8. The number of thioether (sulfide) groups is 1. The van der Waals surface area contributed by atoms with Gasteiger partial charge >= 0.3 is 6.09 Å². The van der Waals surface area contributed by atoms with Crippen LogP contribution in [0.25, 0.3) is 0 Å². The molecule has 0 rings (SSSR count). The summed E-state index contributed by atoms with van der Waals surface area (Å²) < 4.78 is 16.3. The maximum Gasteiger partial charge on any atom is 0.431 e. The fourth-order valence-electron chi connectivity index (χ4n) is 3.07. The van der Waals surface area contributed by atoms with Crippen molar-refractivity contribution in [2.24, 2.45) is 5.92 Å². The number of carbonyl (C=O) groups is 3. The van der Waals surface area contributed by atoms with Gasteiger partial charge in [-0.05, 0) is 64.9 Å². The van der Waals surface area contributed by atoms with Crippen molar-refractivity contribution in [1.82, 2.24) is 15.7 Å². The number of hydrogen-bond acceptors (Lipinski definition) is 8. The summed E-state index contributed by atoms with van der Waals surface area (Å²) in [5.74, 6) is 0.411. The van der Waals surface area contributed by atoms with Gasteiger partial charge in [-0.2, -0.15) is 17.2 Å². The third-order valence-corrected chi connectivity index (χ3v) is 5.52. The molecule has 2 atom stereocenters. The molecular weight excluding hydrogens is 474 g/mol. The number of nitrogens with zero attached hydrogens (tertiary/aromatic N) is 1. The Labute approximate surface area is 215 Å². The Morgan fingerprint density at radius 2 is 1.60 bits per heavy atom. The van der Waals surface area contributed by atoms with Gasteiger partial charge in [0, 0.05) is 19.8 Å². The van der Waals surface area contributed by atoms with E-state index < -0.39 is 30.4 Å². The van der Waals surface area contributed by atoms with Crippen molar-refractivity contribution in [3.8, 4) is 0 Å². The largest absolute Gasteiger partial charge is 0.445 e. The van der Waals surface area contributed by atoms with Crippen LogP contribution in [-0.4, -0.2) is 85.7 Å². The van der Waals surface area contributed by atoms with Crippen LogP contribution < -0.4 is 10.8 Å². The first kappa shape index (κ1) is 33.4. The van der Waals surface area contributed by atoms with Crippen molar-refractivity contribution in [3.05, 3.63) is 0 Å². The Hall–Kier alpha value is -1.56. The number of rotatable bonds is 19. The molecule has 0 heterocycles. The maximum absolute atomic E-state index is 13.6. The zero-order valence-corrected chi connectivity index (χ0v) is 23.6. The standard InChI is InChI=1S/C24H47N3O7S/c1-9-20(34-26-24(30)33-18(6)7)22(28)25-19(13-15-35-8)23(29)27(14-12-17(4)5)16-21(31-10-2)32-11-3/h17-21H,9-16H2,1-8H3,(H,25,28)(H,26,30)/t19-,20+/m0/s1. The molecule has 206 valence electrons. The van der Waals surface area contributed by atoms with Crippen LogP contribution in [-0.2, 0) is 28.6 Å². The van der Waals surface area contributed by atoms with Crippen molar-refractivity contribution in [2.45, 2.75) is 92.3 Å². The van der Waals surface area contributed by atoms with Crippen LogP contribution in [0.5, 0.6) is 0 Å². The summed E-state index contributed by atoms with van der Waals surface area (Å²) >= 11 is 1.59. The SMILES string of the molecule is CCOC(CN(CCC(C)C)C(=O)[C@H](CCSC)NC(=O)[C@@H](CC)ONC(=O)OC(C)C)OCC. The zero-order valence-electron chi connectivity index (χ0n) is 22.8. The van der Waals surface area contributed by atoms with Crippen LogP contribution in [0.1, 0.15) is 67.7 Å². The lowest BCUT2D eigenvalue weighted by Crippen LogP contribution is -2.54. The van der Waals surface area contributed by atoms with Crippen LogP contribution in [0.2, 0.25) is 0 Å². The van der Waals surface area contributed by atoms with Gasteiger partial charge in [-0.3, -0.25) is 14.4 Å². The minimum Gasteiger partial charge on any atom is -0.445 e. The molecule has 0 aliphatic carbocycles. The molecule has 10 nitrogen and oxygen atoms in total. The topological polar surface area (TPSA) is 115 Å². The minimum absolute atomic E-state index is 0.195. The summed E-state index contributed by atoms with van der Waals surface area (Å²) in [5.41, 5.74) is 2.15. The third-order valence-electron chi connectivity index (χ3n) is 4.88. The monoisotopic (exact) mass is 521 g/mol.